The highest BCUT2D eigenvalue weighted by atomic mass is 19.3. The van der Waals surface area contributed by atoms with Crippen molar-refractivity contribution in [2.75, 3.05) is 13.1 Å². The smallest absolute Gasteiger partial charge is 0.410 e. The van der Waals surface area contributed by atoms with Gasteiger partial charge in [0, 0.05) is 13.0 Å². The van der Waals surface area contributed by atoms with Gasteiger partial charge in [-0.05, 0) is 6.92 Å². The maximum Gasteiger partial charge on any atom is 0.410 e. The molecule has 1 aliphatic heterocycles. The molecule has 1 atom stereocenters. The molecule has 12 heavy (non-hydrogen) atoms. The number of ether oxygens (including phenoxy) is 1. The average molecular weight is 179 g/mol. The number of nitrogens with zero attached hydrogens (tertiary/aromatic N) is 1. The number of halogens is 2. The Balaban J connectivity index is 2.38. The zero-order chi connectivity index (χ0) is 9.14. The summed E-state index contributed by atoms with van der Waals surface area (Å²) >= 11 is 0. The first-order chi connectivity index (χ1) is 5.63. The Labute approximate surface area is 69.3 Å². The second kappa shape index (κ2) is 3.69. The van der Waals surface area contributed by atoms with Crippen molar-refractivity contribution < 1.29 is 18.3 Å². The molecule has 0 bridgehead atoms. The highest BCUT2D eigenvalue weighted by Crippen LogP contribution is 2.16. The lowest BCUT2D eigenvalue weighted by molar-refractivity contribution is 0.0676. The molecule has 1 saturated heterocycles. The number of amides is 1. The molecule has 0 aromatic carbocycles. The SMILES string of the molecule is CCN1CC(CC(F)F)OC1=O. The summed E-state index contributed by atoms with van der Waals surface area (Å²) in [4.78, 5) is 12.3. The molecule has 5 heteroatoms. The Bertz CT molecular complexity index is 175. The van der Waals surface area contributed by atoms with E-state index in [4.69, 9.17) is 0 Å². The molecular formula is C7H11F2NO2. The molecule has 1 amide bonds. The summed E-state index contributed by atoms with van der Waals surface area (Å²) in [7, 11) is 0. The summed E-state index contributed by atoms with van der Waals surface area (Å²) < 4.78 is 28.4. The van der Waals surface area contributed by atoms with E-state index in [0.29, 0.717) is 13.1 Å². The normalized spacial score (nSPS) is 23.5. The summed E-state index contributed by atoms with van der Waals surface area (Å²) in [5.41, 5.74) is 0. The van der Waals surface area contributed by atoms with Crippen LogP contribution >= 0.6 is 0 Å². The summed E-state index contributed by atoms with van der Waals surface area (Å²) in [6.07, 6.45) is -3.87. The highest BCUT2D eigenvalue weighted by molar-refractivity contribution is 5.69. The van der Waals surface area contributed by atoms with Gasteiger partial charge in [0.1, 0.15) is 6.10 Å². The van der Waals surface area contributed by atoms with Crippen LogP contribution in [-0.4, -0.2) is 36.6 Å². The Morgan fingerprint density at radius 1 is 1.75 bits per heavy atom. The van der Waals surface area contributed by atoms with Crippen LogP contribution in [-0.2, 0) is 4.74 Å². The largest absolute Gasteiger partial charge is 0.444 e. The topological polar surface area (TPSA) is 29.5 Å². The van der Waals surface area contributed by atoms with Crippen molar-refractivity contribution in [2.24, 2.45) is 0 Å². The van der Waals surface area contributed by atoms with E-state index in [1.807, 2.05) is 0 Å². The van der Waals surface area contributed by atoms with Gasteiger partial charge in [-0.25, -0.2) is 13.6 Å². The zero-order valence-corrected chi connectivity index (χ0v) is 6.80. The fourth-order valence-corrected chi connectivity index (χ4v) is 1.15. The number of cyclic esters (lactones) is 1. The van der Waals surface area contributed by atoms with Crippen molar-refractivity contribution in [3.8, 4) is 0 Å². The molecule has 3 nitrogen and oxygen atoms in total. The lowest BCUT2D eigenvalue weighted by atomic mass is 10.2. The van der Waals surface area contributed by atoms with Gasteiger partial charge in [0.05, 0.1) is 6.54 Å². The zero-order valence-electron chi connectivity index (χ0n) is 6.80. The molecule has 0 aliphatic carbocycles. The third-order valence-corrected chi connectivity index (χ3v) is 1.77. The van der Waals surface area contributed by atoms with Gasteiger partial charge in [0.15, 0.2) is 0 Å². The van der Waals surface area contributed by atoms with Crippen LogP contribution in [0.5, 0.6) is 0 Å². The van der Waals surface area contributed by atoms with Crippen LogP contribution in [0.1, 0.15) is 13.3 Å². The fraction of sp³-hybridized carbons (Fsp3) is 0.857. The first-order valence-electron chi connectivity index (χ1n) is 3.87. The van der Waals surface area contributed by atoms with Crippen LogP contribution in [0.4, 0.5) is 13.6 Å². The van der Waals surface area contributed by atoms with E-state index in [-0.39, 0.29) is 6.42 Å². The molecule has 1 rings (SSSR count). The van der Waals surface area contributed by atoms with Gasteiger partial charge in [-0.15, -0.1) is 0 Å². The molecule has 1 aliphatic rings. The van der Waals surface area contributed by atoms with Gasteiger partial charge in [-0.2, -0.15) is 0 Å². The van der Waals surface area contributed by atoms with E-state index in [9.17, 15) is 13.6 Å². The van der Waals surface area contributed by atoms with Crippen molar-refractivity contribution in [3.63, 3.8) is 0 Å². The third kappa shape index (κ3) is 2.06. The molecule has 1 unspecified atom stereocenters. The molecule has 0 N–H and O–H groups in total. The summed E-state index contributed by atoms with van der Waals surface area (Å²) in [6.45, 7) is 2.59. The first kappa shape index (κ1) is 9.22. The molecule has 0 aromatic heterocycles. The van der Waals surface area contributed by atoms with Crippen molar-refractivity contribution in [2.45, 2.75) is 25.9 Å². The van der Waals surface area contributed by atoms with Gasteiger partial charge in [0.2, 0.25) is 6.43 Å². The van der Waals surface area contributed by atoms with Crippen LogP contribution < -0.4 is 0 Å². The average Bonchev–Trinajstić information content (AvgIpc) is 2.29. The molecule has 1 fully saturated rings. The standard InChI is InChI=1S/C7H11F2NO2/c1-2-10-4-5(3-6(8)9)12-7(10)11/h5-6H,2-4H2,1H3. The summed E-state index contributed by atoms with van der Waals surface area (Å²) in [5, 5.41) is 0. The van der Waals surface area contributed by atoms with Crippen LogP contribution in [0, 0.1) is 0 Å². The van der Waals surface area contributed by atoms with Gasteiger partial charge < -0.3 is 9.64 Å². The first-order valence-corrected chi connectivity index (χ1v) is 3.87. The summed E-state index contributed by atoms with van der Waals surface area (Å²) in [6, 6.07) is 0. The number of hydrogen-bond donors (Lipinski definition) is 0. The van der Waals surface area contributed by atoms with Gasteiger partial charge >= 0.3 is 6.09 Å². The van der Waals surface area contributed by atoms with E-state index >= 15 is 0 Å². The number of rotatable bonds is 3. The minimum absolute atomic E-state index is 0.291. The Morgan fingerprint density at radius 3 is 2.83 bits per heavy atom. The fourth-order valence-electron chi connectivity index (χ4n) is 1.15. The van der Waals surface area contributed by atoms with Crippen LogP contribution in [0.3, 0.4) is 0 Å². The van der Waals surface area contributed by atoms with Crippen molar-refractivity contribution in [1.82, 2.24) is 4.90 Å². The second-order valence-corrected chi connectivity index (χ2v) is 2.67. The third-order valence-electron chi connectivity index (χ3n) is 1.77. The van der Waals surface area contributed by atoms with E-state index in [0.717, 1.165) is 0 Å². The maximum atomic E-state index is 11.8. The summed E-state index contributed by atoms with van der Waals surface area (Å²) in [5.74, 6) is 0. The lowest BCUT2D eigenvalue weighted by Gasteiger charge is -2.07. The predicted molar refractivity (Wildman–Crippen MR) is 38.1 cm³/mol. The van der Waals surface area contributed by atoms with Crippen molar-refractivity contribution >= 4 is 6.09 Å². The van der Waals surface area contributed by atoms with Crippen LogP contribution in [0.15, 0.2) is 0 Å². The highest BCUT2D eigenvalue weighted by Gasteiger charge is 2.31. The van der Waals surface area contributed by atoms with E-state index in [1.165, 1.54) is 4.90 Å². The van der Waals surface area contributed by atoms with Crippen LogP contribution in [0.25, 0.3) is 0 Å². The lowest BCUT2D eigenvalue weighted by Crippen LogP contribution is -2.24. The second-order valence-electron chi connectivity index (χ2n) is 2.67. The Hall–Kier alpha value is -0.870. The Kier molecular flexibility index (Phi) is 2.83. The van der Waals surface area contributed by atoms with E-state index in [1.54, 1.807) is 6.92 Å². The van der Waals surface area contributed by atoms with Gasteiger partial charge in [-0.3, -0.25) is 0 Å². The number of alkyl halides is 2. The molecule has 0 saturated carbocycles. The minimum atomic E-state index is -2.40. The number of carbonyl (C=O) groups is 1. The maximum absolute atomic E-state index is 11.8. The van der Waals surface area contributed by atoms with Gasteiger partial charge in [0.25, 0.3) is 0 Å². The number of likely N-dealkylation sites (N-methyl/N-ethyl adjacent to an activating group) is 1. The van der Waals surface area contributed by atoms with Crippen LogP contribution in [0.2, 0.25) is 0 Å². The van der Waals surface area contributed by atoms with Crippen molar-refractivity contribution in [3.05, 3.63) is 0 Å². The van der Waals surface area contributed by atoms with E-state index < -0.39 is 18.6 Å². The van der Waals surface area contributed by atoms with E-state index in [2.05, 4.69) is 4.74 Å². The quantitative estimate of drug-likeness (QED) is 0.656. The molecular weight excluding hydrogens is 168 g/mol. The minimum Gasteiger partial charge on any atom is -0.444 e. The molecule has 1 heterocycles. The van der Waals surface area contributed by atoms with Crippen molar-refractivity contribution in [1.29, 1.82) is 0 Å². The molecule has 0 spiro atoms. The van der Waals surface area contributed by atoms with Gasteiger partial charge in [-0.1, -0.05) is 0 Å². The molecule has 70 valence electrons. The predicted octanol–water partition coefficient (Wildman–Crippen LogP) is 1.48. The molecule has 0 aromatic rings. The number of carbonyl (C=O) groups excluding carboxylic acids is 1. The molecule has 0 radical (unpaired) electrons. The monoisotopic (exact) mass is 179 g/mol. The Morgan fingerprint density at radius 2 is 2.42 bits per heavy atom. The number of hydrogen-bond acceptors (Lipinski definition) is 2.